The molecule has 0 heterocycles. The first-order valence-electron chi connectivity index (χ1n) is 12.8. The average Bonchev–Trinajstić information content (AvgIpc) is 2.86. The normalized spacial score (nSPS) is 15.1. The summed E-state index contributed by atoms with van der Waals surface area (Å²) >= 11 is 0. The van der Waals surface area contributed by atoms with Crippen LogP contribution in [0.25, 0.3) is 0 Å². The van der Waals surface area contributed by atoms with Crippen LogP contribution in [0.15, 0.2) is 60.8 Å². The molecule has 0 amide bonds. The minimum absolute atomic E-state index is 0.0578. The van der Waals surface area contributed by atoms with Crippen molar-refractivity contribution in [2.24, 2.45) is 5.73 Å². The van der Waals surface area contributed by atoms with E-state index in [1.807, 2.05) is 12.2 Å². The molecule has 0 fully saturated rings. The third-order valence-corrected chi connectivity index (χ3v) is 5.69. The van der Waals surface area contributed by atoms with E-state index in [2.05, 4.69) is 60.1 Å². The van der Waals surface area contributed by atoms with Crippen molar-refractivity contribution in [1.82, 2.24) is 0 Å². The molecule has 4 N–H and O–H groups in total. The largest absolute Gasteiger partial charge is 0.472 e. The predicted octanol–water partition coefficient (Wildman–Crippen LogP) is 5.68. The van der Waals surface area contributed by atoms with Crippen LogP contribution in [0, 0.1) is 0 Å². The van der Waals surface area contributed by atoms with Gasteiger partial charge in [-0.3, -0.25) is 13.8 Å². The first-order valence-corrected chi connectivity index (χ1v) is 14.3. The maximum absolute atomic E-state index is 11.9. The van der Waals surface area contributed by atoms with Gasteiger partial charge in [-0.15, -0.1) is 0 Å². The number of rotatable bonds is 23. The number of aliphatic hydroxyl groups is 1. The van der Waals surface area contributed by atoms with E-state index in [1.54, 1.807) is 0 Å². The summed E-state index contributed by atoms with van der Waals surface area (Å²) in [4.78, 5) is 21.3. The van der Waals surface area contributed by atoms with E-state index in [9.17, 15) is 19.4 Å². The molecule has 0 aromatic heterocycles. The van der Waals surface area contributed by atoms with E-state index < -0.39 is 33.1 Å². The molecule has 0 radical (unpaired) electrons. The number of phosphoric ester groups is 1. The molecule has 0 aliphatic carbocycles. The summed E-state index contributed by atoms with van der Waals surface area (Å²) in [5.41, 5.74) is 5.19. The van der Waals surface area contributed by atoms with Gasteiger partial charge in [0.25, 0.3) is 0 Å². The van der Waals surface area contributed by atoms with Crippen LogP contribution in [0.4, 0.5) is 0 Å². The number of phosphoric acid groups is 1. The minimum Gasteiger partial charge on any atom is -0.457 e. The molecule has 0 aliphatic heterocycles. The molecule has 8 nitrogen and oxygen atoms in total. The van der Waals surface area contributed by atoms with E-state index in [4.69, 9.17) is 15.0 Å². The lowest BCUT2D eigenvalue weighted by Crippen LogP contribution is -2.27. The molecule has 0 rings (SSSR count). The Labute approximate surface area is 217 Å². The fourth-order valence-corrected chi connectivity index (χ4v) is 3.55. The van der Waals surface area contributed by atoms with Crippen LogP contribution in [0.2, 0.25) is 0 Å². The van der Waals surface area contributed by atoms with Crippen LogP contribution in [-0.2, 0) is 23.1 Å². The van der Waals surface area contributed by atoms with Gasteiger partial charge in [0.15, 0.2) is 0 Å². The van der Waals surface area contributed by atoms with Gasteiger partial charge in [0.1, 0.15) is 6.10 Å². The number of ether oxygens (including phenoxy) is 1. The van der Waals surface area contributed by atoms with Crippen molar-refractivity contribution < 1.29 is 33.1 Å². The van der Waals surface area contributed by atoms with Crippen molar-refractivity contribution in [3.05, 3.63) is 60.8 Å². The van der Waals surface area contributed by atoms with Crippen LogP contribution in [0.5, 0.6) is 0 Å². The predicted molar refractivity (Wildman–Crippen MR) is 145 cm³/mol. The van der Waals surface area contributed by atoms with Crippen LogP contribution in [-0.4, -0.2) is 48.4 Å². The topological polar surface area (TPSA) is 128 Å². The Balaban J connectivity index is 3.85. The van der Waals surface area contributed by atoms with Gasteiger partial charge in [0.2, 0.25) is 0 Å². The zero-order valence-electron chi connectivity index (χ0n) is 21.7. The van der Waals surface area contributed by atoms with Crippen molar-refractivity contribution in [3.63, 3.8) is 0 Å². The fourth-order valence-electron chi connectivity index (χ4n) is 2.78. The lowest BCUT2D eigenvalue weighted by molar-refractivity contribution is -0.153. The van der Waals surface area contributed by atoms with Crippen molar-refractivity contribution >= 4 is 13.8 Å². The Hall–Kier alpha value is -1.80. The Bertz CT molecular complexity index is 732. The molecule has 0 aromatic rings. The Morgan fingerprint density at radius 1 is 0.861 bits per heavy atom. The summed E-state index contributed by atoms with van der Waals surface area (Å²) in [6, 6.07) is 0. The average molecular weight is 528 g/mol. The van der Waals surface area contributed by atoms with Gasteiger partial charge in [-0.05, 0) is 44.9 Å². The highest BCUT2D eigenvalue weighted by molar-refractivity contribution is 7.47. The smallest absolute Gasteiger partial charge is 0.457 e. The number of esters is 1. The quantitative estimate of drug-likeness (QED) is 0.0670. The fraction of sp³-hybridized carbons (Fsp3) is 0.593. The molecule has 36 heavy (non-hydrogen) atoms. The van der Waals surface area contributed by atoms with E-state index in [1.165, 1.54) is 25.7 Å². The van der Waals surface area contributed by atoms with Gasteiger partial charge < -0.3 is 20.5 Å². The minimum atomic E-state index is -4.29. The Kier molecular flexibility index (Phi) is 23.6. The Morgan fingerprint density at radius 2 is 1.39 bits per heavy atom. The first kappa shape index (κ1) is 34.2. The molecular formula is C27H46NO7P. The third-order valence-electron chi connectivity index (χ3n) is 4.71. The molecule has 0 saturated heterocycles. The van der Waals surface area contributed by atoms with Crippen molar-refractivity contribution in [2.75, 3.05) is 26.4 Å². The van der Waals surface area contributed by atoms with Gasteiger partial charge in [0, 0.05) is 13.0 Å². The number of hydrogen-bond donors (Lipinski definition) is 3. The molecule has 0 aliphatic rings. The highest BCUT2D eigenvalue weighted by Crippen LogP contribution is 2.42. The lowest BCUT2D eigenvalue weighted by Gasteiger charge is -2.17. The summed E-state index contributed by atoms with van der Waals surface area (Å²) in [5.74, 6) is -0.532. The summed E-state index contributed by atoms with van der Waals surface area (Å²) in [6.07, 6.45) is 29.4. The van der Waals surface area contributed by atoms with Gasteiger partial charge in [-0.25, -0.2) is 4.57 Å². The second-order valence-electron chi connectivity index (χ2n) is 8.01. The number of nitrogens with two attached hydrogens (primary N) is 1. The first-order chi connectivity index (χ1) is 17.4. The number of aliphatic hydroxyl groups excluding tert-OH is 1. The summed E-state index contributed by atoms with van der Waals surface area (Å²) in [6.45, 7) is 1.14. The van der Waals surface area contributed by atoms with Crippen LogP contribution in [0.1, 0.15) is 71.1 Å². The SMILES string of the molecule is CCCCCC=CCC=CCC=CCC=CCC=CCCC(=O)O[C@H](CO)COP(=O)(O)OCCN. The van der Waals surface area contributed by atoms with Gasteiger partial charge in [0.05, 0.1) is 19.8 Å². The van der Waals surface area contributed by atoms with Gasteiger partial charge in [-0.1, -0.05) is 80.5 Å². The second-order valence-corrected chi connectivity index (χ2v) is 9.47. The monoisotopic (exact) mass is 527 g/mol. The molecule has 0 saturated carbocycles. The van der Waals surface area contributed by atoms with Crippen molar-refractivity contribution in [3.8, 4) is 0 Å². The number of allylic oxidation sites excluding steroid dienone is 10. The third kappa shape index (κ3) is 23.9. The zero-order valence-corrected chi connectivity index (χ0v) is 22.6. The molecule has 0 bridgehead atoms. The zero-order chi connectivity index (χ0) is 26.7. The highest BCUT2D eigenvalue weighted by atomic mass is 31.2. The molecule has 0 spiro atoms. The second kappa shape index (κ2) is 24.9. The van der Waals surface area contributed by atoms with E-state index in [-0.39, 0.29) is 19.6 Å². The van der Waals surface area contributed by atoms with Crippen molar-refractivity contribution in [1.29, 1.82) is 0 Å². The van der Waals surface area contributed by atoms with Crippen LogP contribution >= 0.6 is 7.82 Å². The molecule has 9 heteroatoms. The number of carbonyl (C=O) groups excluding carboxylic acids is 1. The van der Waals surface area contributed by atoms with Crippen LogP contribution < -0.4 is 5.73 Å². The van der Waals surface area contributed by atoms with E-state index in [0.717, 1.165) is 25.7 Å². The molecule has 2 atom stereocenters. The number of unbranched alkanes of at least 4 members (excludes halogenated alkanes) is 3. The van der Waals surface area contributed by atoms with Crippen LogP contribution in [0.3, 0.4) is 0 Å². The molecule has 206 valence electrons. The summed E-state index contributed by atoms with van der Waals surface area (Å²) in [5, 5.41) is 9.26. The van der Waals surface area contributed by atoms with E-state index in [0.29, 0.717) is 6.42 Å². The van der Waals surface area contributed by atoms with Crippen molar-refractivity contribution in [2.45, 2.75) is 77.2 Å². The number of hydrogen-bond acceptors (Lipinski definition) is 7. The summed E-state index contributed by atoms with van der Waals surface area (Å²) in [7, 11) is -4.29. The maximum atomic E-state index is 11.9. The number of carbonyl (C=O) groups is 1. The summed E-state index contributed by atoms with van der Waals surface area (Å²) < 4.78 is 25.9. The standard InChI is InChI=1S/C27H46NO7P/c1-2-3-4-5-6-7-8-9-10-11-12-13-14-15-16-17-18-19-20-21-27(30)35-26(24-29)25-34-36(31,32)33-23-22-28/h6-7,9-10,12-13,15-16,18-19,26,29H,2-5,8,11,14,17,20-25,28H2,1H3,(H,31,32)/t26-/m1/s1. The molecule has 0 aromatic carbocycles. The molecular weight excluding hydrogens is 481 g/mol. The maximum Gasteiger partial charge on any atom is 0.472 e. The van der Waals surface area contributed by atoms with E-state index >= 15 is 0 Å². The Morgan fingerprint density at radius 3 is 1.89 bits per heavy atom. The molecule has 1 unspecified atom stereocenters. The highest BCUT2D eigenvalue weighted by Gasteiger charge is 2.24. The van der Waals surface area contributed by atoms with Gasteiger partial charge >= 0.3 is 13.8 Å². The van der Waals surface area contributed by atoms with Gasteiger partial charge in [-0.2, -0.15) is 0 Å². The lowest BCUT2D eigenvalue weighted by atomic mass is 10.2.